The van der Waals surface area contributed by atoms with Gasteiger partial charge in [-0.15, -0.1) is 0 Å². The Morgan fingerprint density at radius 1 is 0.924 bits per heavy atom. The van der Waals surface area contributed by atoms with Gasteiger partial charge in [0.25, 0.3) is 0 Å². The maximum absolute atomic E-state index is 14.7. The molecule has 4 bridgehead atoms. The predicted octanol–water partition coefficient (Wildman–Crippen LogP) is 5.05. The number of ketones is 3. The number of nitrogens with zero attached hydrogens (tertiary/aromatic N) is 4. The third kappa shape index (κ3) is 12.9. The zero-order valence-corrected chi connectivity index (χ0v) is 38.4. The van der Waals surface area contributed by atoms with E-state index < -0.39 is 41.5 Å². The summed E-state index contributed by atoms with van der Waals surface area (Å²) in [6.45, 7) is 8.17. The Bertz CT molecular complexity index is 2510. The minimum atomic E-state index is -1.25. The maximum atomic E-state index is 14.7. The first-order valence-electron chi connectivity index (χ1n) is 22.3. The number of carbonyl (C=O) groups excluding carboxylic acids is 5. The summed E-state index contributed by atoms with van der Waals surface area (Å²) >= 11 is 0. The number of ether oxygens (including phenoxy) is 2. The Hall–Kier alpha value is -6.78. The number of carbonyl (C=O) groups is 5. The van der Waals surface area contributed by atoms with E-state index in [0.29, 0.717) is 45.3 Å². The number of nitrogens with one attached hydrogen (secondary N) is 1. The highest BCUT2D eigenvalue weighted by molar-refractivity contribution is 6.00. The van der Waals surface area contributed by atoms with Crippen molar-refractivity contribution < 1.29 is 33.4 Å². The number of aromatic nitrogens is 2. The molecule has 2 heterocycles. The molecule has 2 amide bonds. The molecule has 0 spiro atoms. The summed E-state index contributed by atoms with van der Waals surface area (Å²) < 4.78 is 12.2. The molecule has 1 aliphatic heterocycles. The Kier molecular flexibility index (Phi) is 18.2. The second kappa shape index (κ2) is 23.9. The van der Waals surface area contributed by atoms with E-state index in [2.05, 4.69) is 27.1 Å². The van der Waals surface area contributed by atoms with E-state index in [4.69, 9.17) is 26.7 Å². The first kappa shape index (κ1) is 50.2. The first-order chi connectivity index (χ1) is 31.7. The second-order valence-corrected chi connectivity index (χ2v) is 16.8. The number of Topliss-reactive ketones (excluding diaryl/α,β-unsaturated/α-hetero) is 3. The Morgan fingerprint density at radius 3 is 2.21 bits per heavy atom. The topological polar surface area (TPSA) is 247 Å². The van der Waals surface area contributed by atoms with Crippen LogP contribution in [0.1, 0.15) is 91.7 Å². The summed E-state index contributed by atoms with van der Waals surface area (Å²) in [7, 11) is 1.49. The summed E-state index contributed by atoms with van der Waals surface area (Å²) in [6.07, 6.45) is 1.03. The molecule has 4 aromatic rings. The SMILES string of the molecule is Cc1nc(-c2ccc(C#CC(C)C)cc2)ncc1C(=O)C[C@@H](CCN)C(=O)N(C)[C@@H]1C(=O)C[C@@H](C)C(=O)N[C@H](C(=O)CCC#N)Cc2ccc(OCCN)c(c2)-c2cc1ccc2OCCN. The highest BCUT2D eigenvalue weighted by Crippen LogP contribution is 2.41. The molecular formula is C51H60N8O7. The number of aryl methyl sites for hydroxylation is 1. The van der Waals surface area contributed by atoms with Crippen LogP contribution in [0.2, 0.25) is 0 Å². The van der Waals surface area contributed by atoms with E-state index in [9.17, 15) is 29.2 Å². The minimum absolute atomic E-state index is 0.0339. The van der Waals surface area contributed by atoms with Crippen molar-refractivity contribution in [2.75, 3.05) is 39.9 Å². The minimum Gasteiger partial charge on any atom is -0.492 e. The van der Waals surface area contributed by atoms with E-state index in [1.807, 2.05) is 50.2 Å². The molecular weight excluding hydrogens is 837 g/mol. The summed E-state index contributed by atoms with van der Waals surface area (Å²) in [5, 5.41) is 12.1. The molecule has 0 saturated carbocycles. The molecule has 0 saturated heterocycles. The number of nitriles is 1. The van der Waals surface area contributed by atoms with Gasteiger partial charge in [-0.3, -0.25) is 24.0 Å². The van der Waals surface area contributed by atoms with Crippen molar-refractivity contribution in [3.05, 3.63) is 94.8 Å². The summed E-state index contributed by atoms with van der Waals surface area (Å²) in [4.78, 5) is 81.2. The average molecular weight is 897 g/mol. The summed E-state index contributed by atoms with van der Waals surface area (Å²) in [5.74, 6) is 3.71. The zero-order valence-electron chi connectivity index (χ0n) is 38.4. The average Bonchev–Trinajstić information content (AvgIpc) is 3.30. The lowest BCUT2D eigenvalue weighted by Gasteiger charge is -2.32. The van der Waals surface area contributed by atoms with Gasteiger partial charge < -0.3 is 36.9 Å². The lowest BCUT2D eigenvalue weighted by atomic mass is 9.88. The Morgan fingerprint density at radius 2 is 1.59 bits per heavy atom. The molecule has 5 rings (SSSR count). The van der Waals surface area contributed by atoms with Gasteiger partial charge in [0.15, 0.2) is 23.2 Å². The molecule has 4 atom stereocenters. The number of fused-ring (bicyclic) bond motifs is 5. The second-order valence-electron chi connectivity index (χ2n) is 16.8. The van der Waals surface area contributed by atoms with Gasteiger partial charge >= 0.3 is 0 Å². The maximum Gasteiger partial charge on any atom is 0.226 e. The number of hydrogen-bond donors (Lipinski definition) is 4. The van der Waals surface area contributed by atoms with Gasteiger partial charge in [0.2, 0.25) is 11.8 Å². The third-order valence-electron chi connectivity index (χ3n) is 11.3. The zero-order chi connectivity index (χ0) is 47.9. The molecule has 15 heteroatoms. The summed E-state index contributed by atoms with van der Waals surface area (Å²) in [5.41, 5.74) is 22.2. The van der Waals surface area contributed by atoms with E-state index in [-0.39, 0.29) is 94.4 Å². The van der Waals surface area contributed by atoms with Crippen molar-refractivity contribution in [3.8, 4) is 51.9 Å². The van der Waals surface area contributed by atoms with Gasteiger partial charge in [0.05, 0.1) is 23.4 Å². The highest BCUT2D eigenvalue weighted by atomic mass is 16.5. The number of amides is 2. The molecule has 0 aliphatic carbocycles. The molecule has 0 fully saturated rings. The largest absolute Gasteiger partial charge is 0.492 e. The van der Waals surface area contributed by atoms with E-state index in [0.717, 1.165) is 11.1 Å². The van der Waals surface area contributed by atoms with Crippen LogP contribution in [-0.2, 0) is 25.6 Å². The summed E-state index contributed by atoms with van der Waals surface area (Å²) in [6, 6.07) is 17.7. The number of nitrogens with two attached hydrogens (primary N) is 3. The predicted molar refractivity (Wildman–Crippen MR) is 251 cm³/mol. The fourth-order valence-electron chi connectivity index (χ4n) is 7.79. The molecule has 0 radical (unpaired) electrons. The quantitative estimate of drug-likeness (QED) is 0.0802. The fraction of sp³-hybridized carbons (Fsp3) is 0.412. The van der Waals surface area contributed by atoms with Crippen LogP contribution >= 0.6 is 0 Å². The molecule has 0 unspecified atom stereocenters. The van der Waals surface area contributed by atoms with Crippen LogP contribution in [0, 0.1) is 47.8 Å². The number of hydrogen-bond acceptors (Lipinski definition) is 13. The van der Waals surface area contributed by atoms with Crippen LogP contribution in [0.25, 0.3) is 22.5 Å². The van der Waals surface area contributed by atoms with Crippen molar-refractivity contribution in [3.63, 3.8) is 0 Å². The fourth-order valence-corrected chi connectivity index (χ4v) is 7.79. The Balaban J connectivity index is 1.54. The van der Waals surface area contributed by atoms with Crippen LogP contribution in [0.3, 0.4) is 0 Å². The molecule has 15 nitrogen and oxygen atoms in total. The first-order valence-corrected chi connectivity index (χ1v) is 22.3. The lowest BCUT2D eigenvalue weighted by Crippen LogP contribution is -2.46. The molecule has 346 valence electrons. The van der Waals surface area contributed by atoms with Crippen molar-refractivity contribution in [1.82, 2.24) is 20.2 Å². The van der Waals surface area contributed by atoms with E-state index >= 15 is 0 Å². The van der Waals surface area contributed by atoms with Gasteiger partial charge in [0.1, 0.15) is 30.8 Å². The molecule has 3 aromatic carbocycles. The molecule has 1 aromatic heterocycles. The van der Waals surface area contributed by atoms with Gasteiger partial charge in [-0.25, -0.2) is 9.97 Å². The number of rotatable bonds is 17. The van der Waals surface area contributed by atoms with Crippen LogP contribution in [0.4, 0.5) is 0 Å². The number of likely N-dealkylation sites (N-methyl/N-ethyl adjacent to an activating group) is 1. The van der Waals surface area contributed by atoms with Gasteiger partial charge in [-0.2, -0.15) is 5.26 Å². The smallest absolute Gasteiger partial charge is 0.226 e. The lowest BCUT2D eigenvalue weighted by molar-refractivity contribution is -0.142. The van der Waals surface area contributed by atoms with Gasteiger partial charge in [-0.1, -0.05) is 44.7 Å². The standard InChI is InChI=1S/C51H60N8O7/c1-31(2)8-9-34-10-13-36(14-11-34)49-56-30-41(33(4)57-49)44(61)29-38(18-20-53)51(64)59(5)48-37-15-17-47(66-24-22-55)40(28-37)39-26-35(12-16-46(39)65-23-21-54)27-42(43(60)7-6-19-52)58-50(63)32(3)25-45(48)62/h10-17,26,28,30-32,38,42,48H,6-7,18,20-25,27,29,53-55H2,1-5H3,(H,58,63)/t32-,38-,42+,48+/m1/s1. The van der Waals surface area contributed by atoms with Gasteiger partial charge in [-0.05, 0) is 86.0 Å². The van der Waals surface area contributed by atoms with Crippen LogP contribution in [0.15, 0.2) is 66.9 Å². The molecule has 66 heavy (non-hydrogen) atoms. The molecule has 1 aliphatic rings. The van der Waals surface area contributed by atoms with E-state index in [1.54, 1.807) is 44.2 Å². The molecule has 7 N–H and O–H groups in total. The number of benzene rings is 3. The van der Waals surface area contributed by atoms with Crippen LogP contribution < -0.4 is 32.0 Å². The van der Waals surface area contributed by atoms with E-state index in [1.165, 1.54) is 18.1 Å². The van der Waals surface area contributed by atoms with Gasteiger partial charge in [0, 0.05) is 92.0 Å². The van der Waals surface area contributed by atoms with Crippen molar-refractivity contribution in [1.29, 1.82) is 5.26 Å². The Labute approximate surface area is 386 Å². The van der Waals surface area contributed by atoms with Crippen LogP contribution in [0.5, 0.6) is 11.5 Å². The van der Waals surface area contributed by atoms with Crippen LogP contribution in [-0.4, -0.2) is 90.0 Å². The van der Waals surface area contributed by atoms with Crippen molar-refractivity contribution >= 4 is 29.2 Å². The third-order valence-corrected chi connectivity index (χ3v) is 11.3. The monoisotopic (exact) mass is 896 g/mol. The van der Waals surface area contributed by atoms with Crippen molar-refractivity contribution in [2.45, 2.75) is 78.3 Å². The highest BCUT2D eigenvalue weighted by Gasteiger charge is 2.36. The normalized spacial score (nSPS) is 16.5. The van der Waals surface area contributed by atoms with Crippen molar-refractivity contribution in [2.24, 2.45) is 35.0 Å².